The molecule has 3 aromatic heterocycles. The average Bonchev–Trinajstić information content (AvgIpc) is 3.41. The third kappa shape index (κ3) is 3.45. The van der Waals surface area contributed by atoms with E-state index in [1.165, 1.54) is 30.1 Å². The van der Waals surface area contributed by atoms with E-state index in [-0.39, 0.29) is 17.3 Å². The van der Waals surface area contributed by atoms with Crippen molar-refractivity contribution in [2.45, 2.75) is 5.92 Å². The zero-order valence-corrected chi connectivity index (χ0v) is 20.7. The van der Waals surface area contributed by atoms with Crippen molar-refractivity contribution in [3.63, 3.8) is 0 Å². The van der Waals surface area contributed by atoms with Gasteiger partial charge in [0.05, 0.1) is 36.7 Å². The maximum atomic E-state index is 13.6. The van der Waals surface area contributed by atoms with Gasteiger partial charge in [0.25, 0.3) is 0 Å². The Labute approximate surface area is 220 Å². The highest BCUT2D eigenvalue weighted by Gasteiger charge is 2.39. The SMILES string of the molecule is COc1cccc(C2c3c(c4ccccc4oc3=O)Oc3ncn4nc(-c5ccc(F)cc5)nc4c32)c1OC. The second-order valence-corrected chi connectivity index (χ2v) is 8.92. The Morgan fingerprint density at radius 1 is 0.949 bits per heavy atom. The summed E-state index contributed by atoms with van der Waals surface area (Å²) in [4.78, 5) is 22.9. The van der Waals surface area contributed by atoms with Crippen molar-refractivity contribution < 1.29 is 23.0 Å². The van der Waals surface area contributed by atoms with E-state index in [2.05, 4.69) is 10.1 Å². The van der Waals surface area contributed by atoms with Crippen molar-refractivity contribution in [1.82, 2.24) is 19.6 Å². The second kappa shape index (κ2) is 8.66. The topological polar surface area (TPSA) is 101 Å². The van der Waals surface area contributed by atoms with Crippen LogP contribution in [0.4, 0.5) is 4.39 Å². The highest BCUT2D eigenvalue weighted by atomic mass is 19.1. The monoisotopic (exact) mass is 522 g/mol. The second-order valence-electron chi connectivity index (χ2n) is 8.92. The van der Waals surface area contributed by atoms with Crippen LogP contribution in [0.1, 0.15) is 22.6 Å². The number of aromatic nitrogens is 4. The van der Waals surface area contributed by atoms with E-state index in [0.717, 1.165) is 0 Å². The van der Waals surface area contributed by atoms with Crippen molar-refractivity contribution in [3.05, 3.63) is 106 Å². The van der Waals surface area contributed by atoms with E-state index < -0.39 is 11.5 Å². The molecule has 0 spiro atoms. The normalized spacial score (nSPS) is 14.1. The van der Waals surface area contributed by atoms with Crippen LogP contribution >= 0.6 is 0 Å². The highest BCUT2D eigenvalue weighted by Crippen LogP contribution is 2.51. The fourth-order valence-electron chi connectivity index (χ4n) is 5.10. The molecular formula is C29H19FN4O5. The lowest BCUT2D eigenvalue weighted by molar-refractivity contribution is 0.349. The summed E-state index contributed by atoms with van der Waals surface area (Å²) in [5.41, 5.74) is 2.26. The summed E-state index contributed by atoms with van der Waals surface area (Å²) in [6.45, 7) is 0. The number of benzene rings is 3. The van der Waals surface area contributed by atoms with Gasteiger partial charge in [-0.05, 0) is 42.5 Å². The largest absolute Gasteiger partial charge is 0.493 e. The first-order valence-corrected chi connectivity index (χ1v) is 12.0. The zero-order chi connectivity index (χ0) is 26.7. The molecule has 0 radical (unpaired) electrons. The van der Waals surface area contributed by atoms with Crippen molar-refractivity contribution in [1.29, 1.82) is 0 Å². The minimum Gasteiger partial charge on any atom is -0.493 e. The van der Waals surface area contributed by atoms with Gasteiger partial charge >= 0.3 is 5.63 Å². The third-order valence-electron chi connectivity index (χ3n) is 6.81. The van der Waals surface area contributed by atoms with Gasteiger partial charge in [0.1, 0.15) is 17.7 Å². The molecule has 7 rings (SSSR count). The summed E-state index contributed by atoms with van der Waals surface area (Å²) in [5, 5.41) is 5.19. The Balaban J connectivity index is 1.57. The number of ether oxygens (including phenoxy) is 3. The molecule has 192 valence electrons. The van der Waals surface area contributed by atoms with Crippen LogP contribution in [0.3, 0.4) is 0 Å². The number of hydrogen-bond acceptors (Lipinski definition) is 8. The van der Waals surface area contributed by atoms with Crippen LogP contribution in [0.2, 0.25) is 0 Å². The Kier molecular flexibility index (Phi) is 5.09. The van der Waals surface area contributed by atoms with E-state index in [4.69, 9.17) is 23.6 Å². The first-order chi connectivity index (χ1) is 19.1. The highest BCUT2D eigenvalue weighted by molar-refractivity contribution is 5.87. The molecule has 39 heavy (non-hydrogen) atoms. The molecule has 1 aliphatic heterocycles. The number of para-hydroxylation sites is 2. The summed E-state index contributed by atoms with van der Waals surface area (Å²) in [6, 6.07) is 18.5. The average molecular weight is 522 g/mol. The number of rotatable bonds is 4. The van der Waals surface area contributed by atoms with Crippen molar-refractivity contribution >= 4 is 16.6 Å². The standard InChI is InChI=1S/C29H19FN4O5/c1-36-20-9-5-7-18(24(20)37-2)21-22-25(17-6-3-4-8-19(17)38-29(22)35)39-28-23(21)27-32-26(33-34(27)14-31-28)15-10-12-16(30)13-11-15/h3-14,21H,1-2H3. The van der Waals surface area contributed by atoms with Gasteiger partial charge < -0.3 is 18.6 Å². The molecule has 1 aliphatic rings. The fourth-order valence-corrected chi connectivity index (χ4v) is 5.10. The smallest absolute Gasteiger partial charge is 0.344 e. The predicted octanol–water partition coefficient (Wildman–Crippen LogP) is 5.34. The minimum absolute atomic E-state index is 0.263. The molecule has 9 nitrogen and oxygen atoms in total. The van der Waals surface area contributed by atoms with Gasteiger partial charge in [0, 0.05) is 11.1 Å². The first-order valence-electron chi connectivity index (χ1n) is 12.0. The molecule has 0 saturated heterocycles. The molecule has 0 amide bonds. The van der Waals surface area contributed by atoms with Crippen molar-refractivity contribution in [2.24, 2.45) is 0 Å². The van der Waals surface area contributed by atoms with Crippen LogP contribution in [-0.4, -0.2) is 33.8 Å². The zero-order valence-electron chi connectivity index (χ0n) is 20.7. The van der Waals surface area contributed by atoms with E-state index in [9.17, 15) is 9.18 Å². The van der Waals surface area contributed by atoms with Crippen LogP contribution in [0.25, 0.3) is 28.0 Å². The van der Waals surface area contributed by atoms with Gasteiger partial charge in [-0.3, -0.25) is 0 Å². The molecule has 6 aromatic rings. The van der Waals surface area contributed by atoms with Crippen LogP contribution in [0.5, 0.6) is 23.1 Å². The van der Waals surface area contributed by atoms with E-state index >= 15 is 0 Å². The van der Waals surface area contributed by atoms with E-state index in [0.29, 0.717) is 56.4 Å². The third-order valence-corrected chi connectivity index (χ3v) is 6.81. The fraction of sp³-hybridized carbons (Fsp3) is 0.103. The molecule has 0 saturated carbocycles. The molecule has 1 unspecified atom stereocenters. The van der Waals surface area contributed by atoms with Gasteiger partial charge in [-0.15, -0.1) is 5.10 Å². The first kappa shape index (κ1) is 22.9. The Bertz CT molecular complexity index is 1970. The molecule has 0 N–H and O–H groups in total. The quantitative estimate of drug-likeness (QED) is 0.286. The van der Waals surface area contributed by atoms with Gasteiger partial charge in [-0.25, -0.2) is 23.7 Å². The summed E-state index contributed by atoms with van der Waals surface area (Å²) in [6.07, 6.45) is 1.49. The maximum absolute atomic E-state index is 13.6. The van der Waals surface area contributed by atoms with Crippen LogP contribution in [-0.2, 0) is 0 Å². The maximum Gasteiger partial charge on any atom is 0.344 e. The Hall–Kier alpha value is -5.25. The number of methoxy groups -OCH3 is 2. The van der Waals surface area contributed by atoms with Gasteiger partial charge in [0.2, 0.25) is 5.88 Å². The van der Waals surface area contributed by atoms with Crippen LogP contribution in [0, 0.1) is 5.82 Å². The number of hydrogen-bond donors (Lipinski definition) is 0. The lowest BCUT2D eigenvalue weighted by Crippen LogP contribution is -2.22. The summed E-state index contributed by atoms with van der Waals surface area (Å²) in [5.74, 6) is 0.780. The number of fused-ring (bicyclic) bond motifs is 6. The van der Waals surface area contributed by atoms with Gasteiger partial charge in [0.15, 0.2) is 28.7 Å². The van der Waals surface area contributed by atoms with Crippen molar-refractivity contribution in [2.75, 3.05) is 14.2 Å². The summed E-state index contributed by atoms with van der Waals surface area (Å²) < 4.78 is 38.5. The minimum atomic E-state index is -0.754. The summed E-state index contributed by atoms with van der Waals surface area (Å²) in [7, 11) is 3.08. The van der Waals surface area contributed by atoms with Crippen LogP contribution < -0.4 is 19.8 Å². The Morgan fingerprint density at radius 2 is 1.77 bits per heavy atom. The summed E-state index contributed by atoms with van der Waals surface area (Å²) >= 11 is 0. The molecule has 10 heteroatoms. The predicted molar refractivity (Wildman–Crippen MR) is 139 cm³/mol. The van der Waals surface area contributed by atoms with Crippen LogP contribution in [0.15, 0.2) is 82.3 Å². The molecule has 3 aromatic carbocycles. The number of halogens is 1. The van der Waals surface area contributed by atoms with Gasteiger partial charge in [-0.2, -0.15) is 0 Å². The molecule has 0 bridgehead atoms. The van der Waals surface area contributed by atoms with E-state index in [1.807, 2.05) is 24.3 Å². The lowest BCUT2D eigenvalue weighted by atomic mass is 9.83. The van der Waals surface area contributed by atoms with Crippen molar-refractivity contribution in [3.8, 4) is 34.5 Å². The lowest BCUT2D eigenvalue weighted by Gasteiger charge is -2.28. The Morgan fingerprint density at radius 3 is 2.56 bits per heavy atom. The molecule has 0 aliphatic carbocycles. The van der Waals surface area contributed by atoms with Gasteiger partial charge in [-0.1, -0.05) is 24.3 Å². The molecular weight excluding hydrogens is 503 g/mol. The molecule has 1 atom stereocenters. The number of nitrogens with zero attached hydrogens (tertiary/aromatic N) is 4. The van der Waals surface area contributed by atoms with E-state index in [1.54, 1.807) is 37.4 Å². The molecule has 4 heterocycles. The molecule has 0 fully saturated rings.